The van der Waals surface area contributed by atoms with Gasteiger partial charge in [0.05, 0.1) is 24.4 Å². The van der Waals surface area contributed by atoms with Crippen molar-refractivity contribution in [3.8, 4) is 0 Å². The Morgan fingerprint density at radius 2 is 2.15 bits per heavy atom. The van der Waals surface area contributed by atoms with E-state index in [0.29, 0.717) is 19.5 Å². The van der Waals surface area contributed by atoms with E-state index >= 15 is 0 Å². The Morgan fingerprint density at radius 3 is 2.89 bits per heavy atom. The van der Waals surface area contributed by atoms with E-state index in [1.807, 2.05) is 38.2 Å². The van der Waals surface area contributed by atoms with Crippen molar-refractivity contribution in [3.63, 3.8) is 0 Å². The summed E-state index contributed by atoms with van der Waals surface area (Å²) in [5, 5.41) is 18.9. The number of aromatic nitrogens is 4. The molecule has 0 aromatic carbocycles. The third-order valence-corrected chi connectivity index (χ3v) is 5.33. The van der Waals surface area contributed by atoms with Gasteiger partial charge in [0.1, 0.15) is 5.82 Å². The molecule has 4 heterocycles. The molecule has 144 valence electrons. The molecule has 2 aromatic rings. The van der Waals surface area contributed by atoms with Crippen LogP contribution in [0.3, 0.4) is 0 Å². The van der Waals surface area contributed by atoms with E-state index < -0.39 is 6.10 Å². The van der Waals surface area contributed by atoms with Gasteiger partial charge in [-0.25, -0.2) is 0 Å². The molecule has 1 amide bonds. The van der Waals surface area contributed by atoms with Crippen molar-refractivity contribution in [2.45, 2.75) is 52.0 Å². The van der Waals surface area contributed by atoms with Crippen LogP contribution in [0.1, 0.15) is 43.7 Å². The van der Waals surface area contributed by atoms with E-state index in [9.17, 15) is 9.90 Å². The first-order valence-corrected chi connectivity index (χ1v) is 9.55. The smallest absolute Gasteiger partial charge is 0.225 e. The largest absolute Gasteiger partial charge is 0.391 e. The number of hydrogen-bond donors (Lipinski definition) is 1. The summed E-state index contributed by atoms with van der Waals surface area (Å²) in [4.78, 5) is 21.0. The number of rotatable bonds is 4. The second kappa shape index (κ2) is 7.36. The summed E-state index contributed by atoms with van der Waals surface area (Å²) >= 11 is 0. The minimum absolute atomic E-state index is 0.0569. The van der Waals surface area contributed by atoms with Crippen molar-refractivity contribution in [2.75, 3.05) is 13.1 Å². The first-order chi connectivity index (χ1) is 13.0. The number of aliphatic hydroxyl groups is 1. The lowest BCUT2D eigenvalue weighted by atomic mass is 10.1. The van der Waals surface area contributed by atoms with Crippen LogP contribution in [0, 0.1) is 5.92 Å². The molecule has 1 saturated heterocycles. The Kier molecular flexibility index (Phi) is 4.92. The zero-order valence-corrected chi connectivity index (χ0v) is 15.8. The van der Waals surface area contributed by atoms with Crippen molar-refractivity contribution < 1.29 is 9.90 Å². The summed E-state index contributed by atoms with van der Waals surface area (Å²) in [6.07, 6.45) is 1.83. The van der Waals surface area contributed by atoms with Gasteiger partial charge in [-0.1, -0.05) is 19.9 Å². The van der Waals surface area contributed by atoms with E-state index in [-0.39, 0.29) is 17.9 Å². The summed E-state index contributed by atoms with van der Waals surface area (Å²) in [6, 6.07) is 5.75. The molecule has 8 nitrogen and oxygen atoms in total. The van der Waals surface area contributed by atoms with Crippen LogP contribution < -0.4 is 0 Å². The normalized spacial score (nSPS) is 23.0. The summed E-state index contributed by atoms with van der Waals surface area (Å²) in [7, 11) is 0. The molecule has 8 heteroatoms. The average Bonchev–Trinajstić information content (AvgIpc) is 3.24. The molecule has 2 aliphatic rings. The number of β-amino-alcohol motifs (C(OH)–C–C–N with tert-alkyl or cyclic N) is 1. The summed E-state index contributed by atoms with van der Waals surface area (Å²) in [5.74, 6) is 1.66. The second-order valence-electron chi connectivity index (χ2n) is 7.71. The number of carbonyl (C=O) groups is 1. The van der Waals surface area contributed by atoms with Crippen LogP contribution in [0.15, 0.2) is 24.4 Å². The monoisotopic (exact) mass is 370 g/mol. The van der Waals surface area contributed by atoms with Crippen molar-refractivity contribution in [3.05, 3.63) is 41.7 Å². The van der Waals surface area contributed by atoms with Crippen LogP contribution in [0.25, 0.3) is 0 Å². The number of aliphatic hydroxyl groups excluding tert-OH is 1. The molecule has 4 rings (SSSR count). The fourth-order valence-corrected chi connectivity index (χ4v) is 3.97. The first-order valence-electron chi connectivity index (χ1n) is 9.55. The molecule has 2 atom stereocenters. The summed E-state index contributed by atoms with van der Waals surface area (Å²) < 4.78 is 2.12. The molecule has 0 bridgehead atoms. The Bertz CT molecular complexity index is 806. The van der Waals surface area contributed by atoms with Gasteiger partial charge in [0.25, 0.3) is 0 Å². The predicted octanol–water partition coefficient (Wildman–Crippen LogP) is 0.979. The molecule has 27 heavy (non-hydrogen) atoms. The lowest BCUT2D eigenvalue weighted by Crippen LogP contribution is -2.38. The predicted molar refractivity (Wildman–Crippen MR) is 98.3 cm³/mol. The van der Waals surface area contributed by atoms with E-state index in [1.165, 1.54) is 0 Å². The van der Waals surface area contributed by atoms with E-state index in [0.717, 1.165) is 37.0 Å². The number of nitrogens with zero attached hydrogens (tertiary/aromatic N) is 6. The quantitative estimate of drug-likeness (QED) is 0.863. The van der Waals surface area contributed by atoms with E-state index in [4.69, 9.17) is 0 Å². The Hall–Kier alpha value is -2.32. The van der Waals surface area contributed by atoms with Crippen LogP contribution in [0.4, 0.5) is 0 Å². The molecule has 2 aliphatic heterocycles. The third-order valence-electron chi connectivity index (χ3n) is 5.33. The van der Waals surface area contributed by atoms with Gasteiger partial charge in [-0.2, -0.15) is 0 Å². The van der Waals surface area contributed by atoms with Gasteiger partial charge in [0.15, 0.2) is 5.82 Å². The van der Waals surface area contributed by atoms with Gasteiger partial charge < -0.3 is 14.6 Å². The minimum Gasteiger partial charge on any atom is -0.391 e. The van der Waals surface area contributed by atoms with Gasteiger partial charge in [-0.05, 0) is 12.1 Å². The number of amides is 1. The topological polar surface area (TPSA) is 87.4 Å². The highest BCUT2D eigenvalue weighted by atomic mass is 16.3. The van der Waals surface area contributed by atoms with Crippen LogP contribution >= 0.6 is 0 Å². The van der Waals surface area contributed by atoms with E-state index in [1.54, 1.807) is 4.90 Å². The van der Waals surface area contributed by atoms with Crippen LogP contribution in [-0.4, -0.2) is 59.8 Å². The third kappa shape index (κ3) is 3.59. The van der Waals surface area contributed by atoms with Gasteiger partial charge in [-0.15, -0.1) is 10.2 Å². The van der Waals surface area contributed by atoms with Crippen LogP contribution in [0.5, 0.6) is 0 Å². The van der Waals surface area contributed by atoms with E-state index in [2.05, 4.69) is 24.6 Å². The van der Waals surface area contributed by atoms with Crippen molar-refractivity contribution in [1.82, 2.24) is 29.5 Å². The molecule has 0 radical (unpaired) electrons. The molecular formula is C19H26N6O2. The number of pyridine rings is 1. The van der Waals surface area contributed by atoms with Crippen LogP contribution in [0.2, 0.25) is 0 Å². The Morgan fingerprint density at radius 1 is 1.30 bits per heavy atom. The Labute approximate surface area is 158 Å². The SMILES string of the molecule is CC(C)C(=O)N1C[C@H](O)C[C@H]1c1nnc2n1CCN(Cc1ccccn1)C2. The highest BCUT2D eigenvalue weighted by Crippen LogP contribution is 2.33. The lowest BCUT2D eigenvalue weighted by molar-refractivity contribution is -0.135. The second-order valence-corrected chi connectivity index (χ2v) is 7.71. The maximum atomic E-state index is 12.6. The minimum atomic E-state index is -0.505. The van der Waals surface area contributed by atoms with Crippen molar-refractivity contribution >= 4 is 5.91 Å². The maximum Gasteiger partial charge on any atom is 0.225 e. The van der Waals surface area contributed by atoms with Crippen LogP contribution in [-0.2, 0) is 24.4 Å². The highest BCUT2D eigenvalue weighted by Gasteiger charge is 2.39. The highest BCUT2D eigenvalue weighted by molar-refractivity contribution is 5.78. The van der Waals surface area contributed by atoms with Crippen molar-refractivity contribution in [2.24, 2.45) is 5.92 Å². The van der Waals surface area contributed by atoms with Crippen molar-refractivity contribution in [1.29, 1.82) is 0 Å². The molecule has 0 saturated carbocycles. The molecule has 0 aliphatic carbocycles. The molecular weight excluding hydrogens is 344 g/mol. The standard InChI is InChI=1S/C19H26N6O2/c1-13(2)19(27)25-11-15(26)9-16(25)18-22-21-17-12-23(7-8-24(17)18)10-14-5-3-4-6-20-14/h3-6,13,15-16,26H,7-12H2,1-2H3/t15-,16+/m1/s1. The molecule has 1 fully saturated rings. The zero-order chi connectivity index (χ0) is 19.0. The summed E-state index contributed by atoms with van der Waals surface area (Å²) in [6.45, 7) is 7.29. The van der Waals surface area contributed by atoms with Gasteiger partial charge >= 0.3 is 0 Å². The summed E-state index contributed by atoms with van der Waals surface area (Å²) in [5.41, 5.74) is 1.04. The van der Waals surface area contributed by atoms with Gasteiger partial charge in [0.2, 0.25) is 5.91 Å². The first kappa shape index (κ1) is 18.1. The maximum absolute atomic E-state index is 12.6. The van der Waals surface area contributed by atoms with Gasteiger partial charge in [-0.3, -0.25) is 14.7 Å². The molecule has 0 unspecified atom stereocenters. The average molecular weight is 370 g/mol. The molecule has 2 aromatic heterocycles. The molecule has 0 spiro atoms. The fourth-order valence-electron chi connectivity index (χ4n) is 3.97. The number of likely N-dealkylation sites (tertiary alicyclic amines) is 1. The number of carbonyl (C=O) groups excluding carboxylic acids is 1. The van der Waals surface area contributed by atoms with Gasteiger partial charge in [0, 0.05) is 44.7 Å². The number of fused-ring (bicyclic) bond motifs is 1. The zero-order valence-electron chi connectivity index (χ0n) is 15.8. The Balaban J connectivity index is 1.52. The molecule has 1 N–H and O–H groups in total. The lowest BCUT2D eigenvalue weighted by Gasteiger charge is -2.30. The number of hydrogen-bond acceptors (Lipinski definition) is 6. The fraction of sp³-hybridized carbons (Fsp3) is 0.579.